The van der Waals surface area contributed by atoms with Crippen LogP contribution >= 0.6 is 0 Å². The lowest BCUT2D eigenvalue weighted by atomic mass is 9.77. The van der Waals surface area contributed by atoms with Crippen LogP contribution < -0.4 is 4.74 Å². The summed E-state index contributed by atoms with van der Waals surface area (Å²) in [5.41, 5.74) is 1.17. The number of ketones is 1. The van der Waals surface area contributed by atoms with Crippen LogP contribution in [0.15, 0.2) is 18.2 Å². The quantitative estimate of drug-likeness (QED) is 0.833. The molecular formula is C18H21NO2. The second-order valence-corrected chi connectivity index (χ2v) is 7.17. The van der Waals surface area contributed by atoms with Crippen molar-refractivity contribution in [2.75, 3.05) is 0 Å². The van der Waals surface area contributed by atoms with Gasteiger partial charge in [-0.25, -0.2) is 0 Å². The van der Waals surface area contributed by atoms with Crippen molar-refractivity contribution in [2.45, 2.75) is 52.6 Å². The molecular weight excluding hydrogens is 262 g/mol. The minimum atomic E-state index is -0.856. The molecule has 1 saturated carbocycles. The van der Waals surface area contributed by atoms with Gasteiger partial charge in [0.2, 0.25) is 0 Å². The first-order valence-corrected chi connectivity index (χ1v) is 7.59. The zero-order valence-electron chi connectivity index (χ0n) is 12.9. The number of hydrogen-bond acceptors (Lipinski definition) is 3. The number of fused-ring (bicyclic) bond motifs is 1. The molecule has 3 heteroatoms. The van der Waals surface area contributed by atoms with Crippen molar-refractivity contribution in [3.8, 4) is 11.8 Å². The SMILES string of the molecule is Cc1ccc2c(c1)CC(CC1(C#N)CCC(C)(C)C1=O)O2. The number of carbonyl (C=O) groups is 1. The summed E-state index contributed by atoms with van der Waals surface area (Å²) in [7, 11) is 0. The van der Waals surface area contributed by atoms with Gasteiger partial charge in [0.25, 0.3) is 0 Å². The van der Waals surface area contributed by atoms with Gasteiger partial charge in [0, 0.05) is 18.3 Å². The number of nitriles is 1. The van der Waals surface area contributed by atoms with E-state index in [1.807, 2.05) is 26.0 Å². The van der Waals surface area contributed by atoms with Crippen molar-refractivity contribution >= 4 is 5.78 Å². The maximum absolute atomic E-state index is 12.6. The average Bonchev–Trinajstić information content (AvgIpc) is 2.92. The lowest BCUT2D eigenvalue weighted by Crippen LogP contribution is -2.35. The van der Waals surface area contributed by atoms with E-state index >= 15 is 0 Å². The van der Waals surface area contributed by atoms with Crippen LogP contribution in [0.1, 0.15) is 44.2 Å². The molecule has 21 heavy (non-hydrogen) atoms. The van der Waals surface area contributed by atoms with E-state index in [-0.39, 0.29) is 17.3 Å². The molecule has 0 saturated heterocycles. The minimum Gasteiger partial charge on any atom is -0.490 e. The molecule has 110 valence electrons. The first-order chi connectivity index (χ1) is 9.86. The van der Waals surface area contributed by atoms with Gasteiger partial charge in [0.15, 0.2) is 5.78 Å². The van der Waals surface area contributed by atoms with Crippen molar-refractivity contribution in [3.63, 3.8) is 0 Å². The van der Waals surface area contributed by atoms with Gasteiger partial charge in [-0.2, -0.15) is 5.26 Å². The molecule has 0 N–H and O–H groups in total. The lowest BCUT2D eigenvalue weighted by Gasteiger charge is -2.25. The molecule has 3 rings (SSSR count). The molecule has 0 radical (unpaired) electrons. The van der Waals surface area contributed by atoms with Crippen LogP contribution in [0.5, 0.6) is 5.75 Å². The van der Waals surface area contributed by atoms with Crippen molar-refractivity contribution in [1.82, 2.24) is 0 Å². The third kappa shape index (κ3) is 2.23. The average molecular weight is 283 g/mol. The molecule has 0 bridgehead atoms. The van der Waals surface area contributed by atoms with Crippen LogP contribution in [0.3, 0.4) is 0 Å². The first-order valence-electron chi connectivity index (χ1n) is 7.59. The van der Waals surface area contributed by atoms with Crippen LogP contribution in [-0.4, -0.2) is 11.9 Å². The summed E-state index contributed by atoms with van der Waals surface area (Å²) >= 11 is 0. The van der Waals surface area contributed by atoms with Gasteiger partial charge in [-0.15, -0.1) is 0 Å². The van der Waals surface area contributed by atoms with E-state index in [4.69, 9.17) is 4.74 Å². The molecule has 1 fully saturated rings. The maximum Gasteiger partial charge on any atom is 0.158 e. The Labute approximate surface area is 125 Å². The number of ether oxygens (including phenoxy) is 1. The van der Waals surface area contributed by atoms with Crippen molar-refractivity contribution in [1.29, 1.82) is 5.26 Å². The summed E-state index contributed by atoms with van der Waals surface area (Å²) in [4.78, 5) is 12.6. The molecule has 1 aromatic rings. The van der Waals surface area contributed by atoms with Crippen LogP contribution in [0, 0.1) is 29.1 Å². The standard InChI is InChI=1S/C18H21NO2/c1-12-4-5-15-13(8-12)9-14(21-15)10-18(11-19)7-6-17(2,3)16(18)20/h4-5,8,14H,6-7,9-10H2,1-3H3. The van der Waals surface area contributed by atoms with Crippen molar-refractivity contribution in [3.05, 3.63) is 29.3 Å². The molecule has 2 atom stereocenters. The van der Waals surface area contributed by atoms with Gasteiger partial charge >= 0.3 is 0 Å². The second-order valence-electron chi connectivity index (χ2n) is 7.17. The highest BCUT2D eigenvalue weighted by atomic mass is 16.5. The fraction of sp³-hybridized carbons (Fsp3) is 0.556. The summed E-state index contributed by atoms with van der Waals surface area (Å²) in [6.07, 6.45) is 2.70. The Bertz CT molecular complexity index is 641. The molecule has 2 aliphatic rings. The smallest absolute Gasteiger partial charge is 0.158 e. The summed E-state index contributed by atoms with van der Waals surface area (Å²) in [5.74, 6) is 0.997. The highest BCUT2D eigenvalue weighted by Gasteiger charge is 2.53. The Morgan fingerprint density at radius 1 is 1.38 bits per heavy atom. The Hall–Kier alpha value is -1.82. The molecule has 2 unspecified atom stereocenters. The highest BCUT2D eigenvalue weighted by molar-refractivity contribution is 5.94. The van der Waals surface area contributed by atoms with Crippen LogP contribution in [-0.2, 0) is 11.2 Å². The van der Waals surface area contributed by atoms with E-state index in [0.29, 0.717) is 12.8 Å². The van der Waals surface area contributed by atoms with Gasteiger partial charge in [0.05, 0.1) is 6.07 Å². The third-order valence-corrected chi connectivity index (χ3v) is 4.97. The number of Topliss-reactive ketones (excluding diaryl/α,β-unsaturated/α-hetero) is 1. The third-order valence-electron chi connectivity index (χ3n) is 4.97. The zero-order valence-corrected chi connectivity index (χ0v) is 12.9. The summed E-state index contributed by atoms with van der Waals surface area (Å²) < 4.78 is 5.96. The summed E-state index contributed by atoms with van der Waals surface area (Å²) in [6.45, 7) is 5.96. The summed E-state index contributed by atoms with van der Waals surface area (Å²) in [5, 5.41) is 9.61. The van der Waals surface area contributed by atoms with Gasteiger partial charge in [-0.1, -0.05) is 31.5 Å². The van der Waals surface area contributed by atoms with Crippen molar-refractivity contribution < 1.29 is 9.53 Å². The van der Waals surface area contributed by atoms with Crippen LogP contribution in [0.2, 0.25) is 0 Å². The van der Waals surface area contributed by atoms with Gasteiger partial charge in [0.1, 0.15) is 17.3 Å². The number of nitrogens with zero attached hydrogens (tertiary/aromatic N) is 1. The van der Waals surface area contributed by atoms with Gasteiger partial charge in [-0.05, 0) is 31.4 Å². The van der Waals surface area contributed by atoms with Crippen LogP contribution in [0.25, 0.3) is 0 Å². The fourth-order valence-corrected chi connectivity index (χ4v) is 3.70. The highest BCUT2D eigenvalue weighted by Crippen LogP contribution is 2.49. The van der Waals surface area contributed by atoms with E-state index in [1.165, 1.54) is 11.1 Å². The second kappa shape index (κ2) is 4.59. The van der Waals surface area contributed by atoms with E-state index in [0.717, 1.165) is 18.6 Å². The maximum atomic E-state index is 12.6. The van der Waals surface area contributed by atoms with E-state index < -0.39 is 5.41 Å². The fourth-order valence-electron chi connectivity index (χ4n) is 3.70. The van der Waals surface area contributed by atoms with E-state index in [2.05, 4.69) is 19.1 Å². The number of benzene rings is 1. The number of rotatable bonds is 2. The Kier molecular flexibility index (Phi) is 3.09. The molecule has 1 aromatic carbocycles. The van der Waals surface area contributed by atoms with Gasteiger partial charge in [-0.3, -0.25) is 4.79 Å². The largest absolute Gasteiger partial charge is 0.490 e. The number of aryl methyl sites for hydroxylation is 1. The molecule has 1 heterocycles. The van der Waals surface area contributed by atoms with Crippen LogP contribution in [0.4, 0.5) is 0 Å². The molecule has 0 spiro atoms. The molecule has 1 aliphatic heterocycles. The van der Waals surface area contributed by atoms with Crippen molar-refractivity contribution in [2.24, 2.45) is 10.8 Å². The molecule has 1 aliphatic carbocycles. The van der Waals surface area contributed by atoms with Gasteiger partial charge < -0.3 is 4.74 Å². The molecule has 0 aromatic heterocycles. The monoisotopic (exact) mass is 283 g/mol. The normalized spacial score (nSPS) is 29.8. The molecule has 0 amide bonds. The van der Waals surface area contributed by atoms with E-state index in [9.17, 15) is 10.1 Å². The first kappa shape index (κ1) is 14.1. The number of carbonyl (C=O) groups excluding carboxylic acids is 1. The molecule has 3 nitrogen and oxygen atoms in total. The lowest BCUT2D eigenvalue weighted by molar-refractivity contribution is -0.131. The predicted octanol–water partition coefficient (Wildman–Crippen LogP) is 3.59. The van der Waals surface area contributed by atoms with E-state index in [1.54, 1.807) is 0 Å². The Morgan fingerprint density at radius 3 is 2.76 bits per heavy atom. The predicted molar refractivity (Wildman–Crippen MR) is 80.0 cm³/mol. The minimum absolute atomic E-state index is 0.0562. The number of hydrogen-bond donors (Lipinski definition) is 0. The topological polar surface area (TPSA) is 50.1 Å². The Morgan fingerprint density at radius 2 is 2.14 bits per heavy atom. The Balaban J connectivity index is 1.79. The summed E-state index contributed by atoms with van der Waals surface area (Å²) in [6, 6.07) is 8.48. The zero-order chi connectivity index (χ0) is 15.3.